The number of amides is 1. The van der Waals surface area contributed by atoms with E-state index in [1.165, 1.54) is 0 Å². The predicted molar refractivity (Wildman–Crippen MR) is 123 cm³/mol. The molecule has 0 aliphatic heterocycles. The van der Waals surface area contributed by atoms with Gasteiger partial charge in [0.25, 0.3) is 0 Å². The van der Waals surface area contributed by atoms with Gasteiger partial charge >= 0.3 is 5.63 Å². The highest BCUT2D eigenvalue weighted by Gasteiger charge is 2.23. The van der Waals surface area contributed by atoms with Crippen molar-refractivity contribution in [2.24, 2.45) is 11.8 Å². The third-order valence-electron chi connectivity index (χ3n) is 7.31. The third-order valence-corrected chi connectivity index (χ3v) is 7.31. The molecule has 2 aromatic heterocycles. The number of hydrogen-bond acceptors (Lipinski definition) is 6. The maximum Gasteiger partial charge on any atom is 0.339 e. The third kappa shape index (κ3) is 4.41. The lowest BCUT2D eigenvalue weighted by molar-refractivity contribution is -0.312. The molecule has 1 aliphatic rings. The van der Waals surface area contributed by atoms with Crippen LogP contribution in [0.15, 0.2) is 19.7 Å². The first-order valence-electron chi connectivity index (χ1n) is 11.6. The highest BCUT2D eigenvalue weighted by Crippen LogP contribution is 2.34. The van der Waals surface area contributed by atoms with Crippen LogP contribution >= 0.6 is 0 Å². The molecule has 1 saturated carbocycles. The fourth-order valence-corrected chi connectivity index (χ4v) is 4.97. The molecule has 0 radical (unpaired) electrons. The smallest absolute Gasteiger partial charge is 0.339 e. The van der Waals surface area contributed by atoms with E-state index >= 15 is 0 Å². The minimum Gasteiger partial charge on any atom is -0.550 e. The molecule has 176 valence electrons. The van der Waals surface area contributed by atoms with E-state index in [2.05, 4.69) is 5.32 Å². The molecule has 1 amide bonds. The lowest BCUT2D eigenvalue weighted by Crippen LogP contribution is -2.36. The number of carboxylic acids is 1. The molecule has 1 aliphatic carbocycles. The molecule has 2 heterocycles. The molecule has 0 spiro atoms. The standard InChI is InChI=1S/C26H31NO6/c1-13-16(4)32-23-15(3)24-21(11-20(13)23)14(2)19(26(31)33-24)9-10-22(28)27-12-17-5-7-18(8-6-17)25(29)30/h11,17-18H,5-10,12H2,1-4H3,(H,27,28)(H,29,30)/p-1. The lowest BCUT2D eigenvalue weighted by Gasteiger charge is -2.29. The van der Waals surface area contributed by atoms with Gasteiger partial charge in [-0.15, -0.1) is 0 Å². The van der Waals surface area contributed by atoms with Crippen molar-refractivity contribution >= 4 is 33.8 Å². The number of aryl methyl sites for hydroxylation is 4. The number of carboxylic acid groups (broad SMARTS) is 1. The number of furan rings is 1. The number of hydrogen-bond donors (Lipinski definition) is 1. The Balaban J connectivity index is 1.46. The Bertz CT molecular complexity index is 1290. The van der Waals surface area contributed by atoms with E-state index in [0.29, 0.717) is 37.0 Å². The Kier molecular flexibility index (Phi) is 6.32. The van der Waals surface area contributed by atoms with E-state index in [1.807, 2.05) is 33.8 Å². The van der Waals surface area contributed by atoms with E-state index in [0.717, 1.165) is 51.6 Å². The van der Waals surface area contributed by atoms with Crippen molar-refractivity contribution in [3.8, 4) is 0 Å². The summed E-state index contributed by atoms with van der Waals surface area (Å²) in [6.07, 6.45) is 3.23. The maximum atomic E-state index is 12.7. The molecule has 3 aromatic rings. The van der Waals surface area contributed by atoms with E-state index in [-0.39, 0.29) is 24.2 Å². The zero-order valence-corrected chi connectivity index (χ0v) is 19.6. The van der Waals surface area contributed by atoms with Gasteiger partial charge < -0.3 is 24.1 Å². The van der Waals surface area contributed by atoms with Crippen LogP contribution in [0.3, 0.4) is 0 Å². The predicted octanol–water partition coefficient (Wildman–Crippen LogP) is 3.38. The molecule has 0 saturated heterocycles. The number of aliphatic carboxylic acids is 1. The van der Waals surface area contributed by atoms with Gasteiger partial charge in [0.2, 0.25) is 5.91 Å². The van der Waals surface area contributed by atoms with Crippen molar-refractivity contribution < 1.29 is 23.5 Å². The number of fused-ring (bicyclic) bond motifs is 2. The van der Waals surface area contributed by atoms with Crippen molar-refractivity contribution in [3.63, 3.8) is 0 Å². The molecule has 1 fully saturated rings. The van der Waals surface area contributed by atoms with Gasteiger partial charge in [-0.1, -0.05) is 0 Å². The summed E-state index contributed by atoms with van der Waals surface area (Å²) >= 11 is 0. The summed E-state index contributed by atoms with van der Waals surface area (Å²) in [7, 11) is 0. The van der Waals surface area contributed by atoms with Crippen molar-refractivity contribution in [3.05, 3.63) is 44.5 Å². The van der Waals surface area contributed by atoms with Gasteiger partial charge in [-0.2, -0.15) is 0 Å². The van der Waals surface area contributed by atoms with Crippen LogP contribution < -0.4 is 16.0 Å². The topological polar surface area (TPSA) is 113 Å². The Morgan fingerprint density at radius 3 is 2.27 bits per heavy atom. The second-order valence-corrected chi connectivity index (χ2v) is 9.37. The van der Waals surface area contributed by atoms with E-state index in [1.54, 1.807) is 0 Å². The van der Waals surface area contributed by atoms with Gasteiger partial charge in [-0.25, -0.2) is 4.79 Å². The molecular formula is C26H30NO6-. The summed E-state index contributed by atoms with van der Waals surface area (Å²) in [5.41, 5.74) is 4.06. The number of nitrogens with one attached hydrogen (secondary N) is 1. The highest BCUT2D eigenvalue weighted by atomic mass is 16.4. The normalized spacial score (nSPS) is 18.7. The largest absolute Gasteiger partial charge is 0.550 e. The molecule has 4 rings (SSSR count). The van der Waals surface area contributed by atoms with Gasteiger partial charge in [0, 0.05) is 40.8 Å². The molecule has 0 atom stereocenters. The fraction of sp³-hybridized carbons (Fsp3) is 0.500. The van der Waals surface area contributed by atoms with Crippen LogP contribution in [0.25, 0.3) is 21.9 Å². The average Bonchev–Trinajstić information content (AvgIpc) is 3.07. The number of rotatable bonds is 6. The van der Waals surface area contributed by atoms with Crippen LogP contribution in [0, 0.1) is 39.5 Å². The average molecular weight is 453 g/mol. The second kappa shape index (κ2) is 9.04. The van der Waals surface area contributed by atoms with Crippen molar-refractivity contribution in [1.29, 1.82) is 0 Å². The molecule has 0 bridgehead atoms. The van der Waals surface area contributed by atoms with Gasteiger partial charge in [0.1, 0.15) is 16.9 Å². The molecule has 7 heteroatoms. The first-order chi connectivity index (χ1) is 15.7. The molecule has 1 N–H and O–H groups in total. The zero-order chi connectivity index (χ0) is 23.9. The summed E-state index contributed by atoms with van der Waals surface area (Å²) in [6, 6.07) is 2.01. The fourth-order valence-electron chi connectivity index (χ4n) is 4.97. The summed E-state index contributed by atoms with van der Waals surface area (Å²) in [4.78, 5) is 36.1. The van der Waals surface area contributed by atoms with Crippen LogP contribution in [0.2, 0.25) is 0 Å². The monoisotopic (exact) mass is 452 g/mol. The van der Waals surface area contributed by atoms with Crippen LogP contribution in [0.4, 0.5) is 0 Å². The highest BCUT2D eigenvalue weighted by molar-refractivity contribution is 6.00. The Hall–Kier alpha value is -3.09. The quantitative estimate of drug-likeness (QED) is 0.574. The van der Waals surface area contributed by atoms with Gasteiger partial charge in [-0.3, -0.25) is 4.79 Å². The van der Waals surface area contributed by atoms with E-state index in [9.17, 15) is 19.5 Å². The Morgan fingerprint density at radius 1 is 0.970 bits per heavy atom. The van der Waals surface area contributed by atoms with Gasteiger partial charge in [0.15, 0.2) is 0 Å². The SMILES string of the molecule is Cc1oc2c(C)c3oc(=O)c(CCC(=O)NCC4CCC(C(=O)[O-])CC4)c(C)c3cc2c1C. The summed E-state index contributed by atoms with van der Waals surface area (Å²) < 4.78 is 11.6. The number of carbonyl (C=O) groups is 2. The van der Waals surface area contributed by atoms with E-state index < -0.39 is 11.6 Å². The summed E-state index contributed by atoms with van der Waals surface area (Å²) in [6.45, 7) is 8.25. The minimum atomic E-state index is -0.976. The van der Waals surface area contributed by atoms with Crippen molar-refractivity contribution in [2.45, 2.75) is 66.2 Å². The maximum absolute atomic E-state index is 12.7. The first-order valence-corrected chi connectivity index (χ1v) is 11.6. The van der Waals surface area contributed by atoms with Crippen molar-refractivity contribution in [1.82, 2.24) is 5.32 Å². The molecule has 33 heavy (non-hydrogen) atoms. The molecule has 7 nitrogen and oxygen atoms in total. The van der Waals surface area contributed by atoms with Gasteiger partial charge in [0.05, 0.1) is 0 Å². The van der Waals surface area contributed by atoms with E-state index in [4.69, 9.17) is 8.83 Å². The van der Waals surface area contributed by atoms with Gasteiger partial charge in [-0.05, 0) is 88.8 Å². The summed E-state index contributed by atoms with van der Waals surface area (Å²) in [5.74, 6) is -0.343. The minimum absolute atomic E-state index is 0.121. The Labute approximate surface area is 192 Å². The number of benzene rings is 1. The Morgan fingerprint density at radius 2 is 1.61 bits per heavy atom. The zero-order valence-electron chi connectivity index (χ0n) is 19.6. The number of carbonyl (C=O) groups excluding carboxylic acids is 2. The molecular weight excluding hydrogens is 422 g/mol. The first kappa shape index (κ1) is 23.1. The lowest BCUT2D eigenvalue weighted by atomic mass is 9.82. The van der Waals surface area contributed by atoms with Crippen LogP contribution in [0.1, 0.15) is 60.1 Å². The van der Waals surface area contributed by atoms with Crippen molar-refractivity contribution in [2.75, 3.05) is 6.54 Å². The second-order valence-electron chi connectivity index (χ2n) is 9.37. The van der Waals surface area contributed by atoms with Crippen LogP contribution in [-0.2, 0) is 16.0 Å². The van der Waals surface area contributed by atoms with Crippen LogP contribution in [0.5, 0.6) is 0 Å². The van der Waals surface area contributed by atoms with Crippen LogP contribution in [-0.4, -0.2) is 18.4 Å². The molecule has 1 aromatic carbocycles. The summed E-state index contributed by atoms with van der Waals surface area (Å²) in [5, 5.41) is 15.8. The molecule has 0 unspecified atom stereocenters.